The Hall–Kier alpha value is -3.18. The van der Waals surface area contributed by atoms with Crippen LogP contribution in [-0.2, 0) is 20.1 Å². The van der Waals surface area contributed by atoms with E-state index in [2.05, 4.69) is 68.4 Å². The zero-order chi connectivity index (χ0) is 33.8. The van der Waals surface area contributed by atoms with Gasteiger partial charge in [0.1, 0.15) is 6.10 Å². The smallest absolute Gasteiger partial charge is 0.392 e. The van der Waals surface area contributed by atoms with E-state index in [1.54, 1.807) is 0 Å². The van der Waals surface area contributed by atoms with Gasteiger partial charge in [-0.25, -0.2) is 0 Å². The molecule has 46 heavy (non-hydrogen) atoms. The topological polar surface area (TPSA) is 66.2 Å². The normalized spacial score (nSPS) is 13.6. The summed E-state index contributed by atoms with van der Waals surface area (Å²) in [7, 11) is 0. The van der Waals surface area contributed by atoms with Gasteiger partial charge in [0.05, 0.1) is 17.5 Å². The molecule has 4 nitrogen and oxygen atoms in total. The third kappa shape index (κ3) is 9.21. The van der Waals surface area contributed by atoms with Gasteiger partial charge in [0.25, 0.3) is 0 Å². The van der Waals surface area contributed by atoms with E-state index in [1.807, 2.05) is 30.5 Å². The molecule has 1 aromatic heterocycles. The quantitative estimate of drug-likeness (QED) is 0.145. The molecular weight excluding hydrogens is 794 g/mol. The summed E-state index contributed by atoms with van der Waals surface area (Å²) < 4.78 is 86.8. The summed E-state index contributed by atoms with van der Waals surface area (Å²) in [6.07, 6.45) is -10.9. The van der Waals surface area contributed by atoms with Crippen molar-refractivity contribution in [2.24, 2.45) is 5.41 Å². The van der Waals surface area contributed by atoms with E-state index >= 15 is 0 Å². The Kier molecular flexibility index (Phi) is 12.8. The van der Waals surface area contributed by atoms with Crippen LogP contribution in [0.4, 0.5) is 30.7 Å². The predicted octanol–water partition coefficient (Wildman–Crippen LogP) is 8.87. The van der Waals surface area contributed by atoms with E-state index in [0.29, 0.717) is 0 Å². The van der Waals surface area contributed by atoms with Crippen molar-refractivity contribution in [3.8, 4) is 33.8 Å². The second-order valence-electron chi connectivity index (χ2n) is 11.8. The Labute approximate surface area is 277 Å². The van der Waals surface area contributed by atoms with Crippen molar-refractivity contribution in [3.05, 3.63) is 96.2 Å². The molecule has 2 unspecified atom stereocenters. The molecule has 0 saturated carbocycles. The van der Waals surface area contributed by atoms with Crippen LogP contribution >= 0.6 is 0 Å². The average molecular weight is 828 g/mol. The van der Waals surface area contributed by atoms with Crippen molar-refractivity contribution >= 4 is 0 Å². The minimum Gasteiger partial charge on any atom is -0.392 e. The maximum absolute atomic E-state index is 13.0. The number of hydrogen-bond donors (Lipinski definition) is 2. The van der Waals surface area contributed by atoms with E-state index in [0.717, 1.165) is 33.8 Å². The number of aliphatic hydroxyl groups excluding tert-OH is 2. The van der Waals surface area contributed by atoms with Gasteiger partial charge in [-0.05, 0) is 17.9 Å². The first-order chi connectivity index (χ1) is 20.8. The van der Waals surface area contributed by atoms with Crippen LogP contribution in [0.1, 0.15) is 38.3 Å². The summed E-state index contributed by atoms with van der Waals surface area (Å²) >= 11 is 0. The largest absolute Gasteiger partial charge is 0.459 e. The minimum absolute atomic E-state index is 0. The van der Waals surface area contributed by atoms with E-state index < -0.39 is 42.1 Å². The molecule has 0 aliphatic rings. The number of aryl methyl sites for hydroxylation is 2. The number of aliphatic hydroxyl groups is 2. The number of benzene rings is 3. The molecule has 12 heteroatoms. The molecule has 0 amide bonds. The molecule has 0 saturated heterocycles. The molecule has 4 aromatic rings. The molecular formula is C34H34F7IrN2O2-. The first-order valence-electron chi connectivity index (χ1n) is 13.9. The van der Waals surface area contributed by atoms with Gasteiger partial charge in [-0.15, -0.1) is 35.4 Å². The summed E-state index contributed by atoms with van der Waals surface area (Å²) in [6, 6.07) is 28.0. The summed E-state index contributed by atoms with van der Waals surface area (Å²) in [5.41, 5.74) is 7.04. The molecule has 3 aromatic carbocycles. The van der Waals surface area contributed by atoms with Gasteiger partial charge in [0.2, 0.25) is 0 Å². The Balaban J connectivity index is 0.000000332. The first kappa shape index (κ1) is 39.0. The predicted molar refractivity (Wildman–Crippen MR) is 159 cm³/mol. The van der Waals surface area contributed by atoms with Crippen molar-refractivity contribution in [3.63, 3.8) is 0 Å². The van der Waals surface area contributed by atoms with Crippen molar-refractivity contribution in [2.45, 2.75) is 71.3 Å². The second-order valence-corrected chi connectivity index (χ2v) is 11.8. The Morgan fingerprint density at radius 1 is 0.717 bits per heavy atom. The van der Waals surface area contributed by atoms with Crippen LogP contribution in [0.5, 0.6) is 0 Å². The summed E-state index contributed by atoms with van der Waals surface area (Å²) in [4.78, 5) is 9.72. The van der Waals surface area contributed by atoms with E-state index in [1.165, 1.54) is 31.9 Å². The number of aromatic nitrogens is 2. The first-order valence-corrected chi connectivity index (χ1v) is 13.9. The van der Waals surface area contributed by atoms with Crippen LogP contribution in [0.25, 0.3) is 33.8 Å². The van der Waals surface area contributed by atoms with Gasteiger partial charge in [-0.2, -0.15) is 30.7 Å². The zero-order valence-corrected chi connectivity index (χ0v) is 28.0. The van der Waals surface area contributed by atoms with Gasteiger partial charge < -0.3 is 15.2 Å². The van der Waals surface area contributed by atoms with Gasteiger partial charge >= 0.3 is 18.0 Å². The van der Waals surface area contributed by atoms with E-state index in [4.69, 9.17) is 15.1 Å². The monoisotopic (exact) mass is 828 g/mol. The maximum atomic E-state index is 13.0. The third-order valence-electron chi connectivity index (χ3n) is 7.03. The SMILES string of the molecule is CC(C)(C)C(O)CC(O)C(F)(F)C(F)(F)C(F)(F)F.Cc1c[c-]c(-c2ncc(-c3ccccc3)nc2-c2ccc(C)cc2)cc1.[Ir]. The minimum atomic E-state index is -6.50. The number of alkyl halides is 7. The summed E-state index contributed by atoms with van der Waals surface area (Å²) in [6.45, 7) is 8.20. The van der Waals surface area contributed by atoms with Gasteiger partial charge in [0.15, 0.2) is 0 Å². The number of nitrogens with zero attached hydrogens (tertiary/aromatic N) is 2. The molecule has 2 atom stereocenters. The van der Waals surface area contributed by atoms with Crippen molar-refractivity contribution < 1.29 is 61.1 Å². The molecule has 1 radical (unpaired) electrons. The van der Waals surface area contributed by atoms with Crippen LogP contribution in [0.2, 0.25) is 0 Å². The van der Waals surface area contributed by atoms with E-state index in [-0.39, 0.29) is 20.1 Å². The Morgan fingerprint density at radius 3 is 1.78 bits per heavy atom. The number of rotatable bonds is 7. The van der Waals surface area contributed by atoms with Crippen molar-refractivity contribution in [1.82, 2.24) is 9.97 Å². The summed E-state index contributed by atoms with van der Waals surface area (Å²) in [5, 5.41) is 18.3. The molecule has 1 heterocycles. The molecule has 0 aliphatic heterocycles. The molecule has 0 aliphatic carbocycles. The molecule has 0 spiro atoms. The van der Waals surface area contributed by atoms with Crippen LogP contribution < -0.4 is 0 Å². The molecule has 0 bridgehead atoms. The molecule has 251 valence electrons. The van der Waals surface area contributed by atoms with Gasteiger partial charge in [0, 0.05) is 44.0 Å². The zero-order valence-electron chi connectivity index (χ0n) is 25.6. The Morgan fingerprint density at radius 2 is 1.28 bits per heavy atom. The third-order valence-corrected chi connectivity index (χ3v) is 7.03. The van der Waals surface area contributed by atoms with Crippen LogP contribution in [0, 0.1) is 25.3 Å². The summed E-state index contributed by atoms with van der Waals surface area (Å²) in [5.74, 6) is -12.1. The van der Waals surface area contributed by atoms with Crippen LogP contribution in [0.3, 0.4) is 0 Å². The molecule has 0 fully saturated rings. The average Bonchev–Trinajstić information content (AvgIpc) is 2.97. The Bertz CT molecular complexity index is 1540. The van der Waals surface area contributed by atoms with Crippen molar-refractivity contribution in [2.75, 3.05) is 0 Å². The molecule has 4 rings (SSSR count). The fourth-order valence-corrected chi connectivity index (χ4v) is 4.01. The number of halogens is 7. The van der Waals surface area contributed by atoms with Gasteiger partial charge in [-0.1, -0.05) is 87.9 Å². The maximum Gasteiger partial charge on any atom is 0.459 e. The standard InChI is InChI=1S/C24H19N2.C10H15F7O2.Ir/c1-17-8-12-20(13-9-17)23-24(21-14-10-18(2)11-15-21)26-22(16-25-23)19-6-4-3-5-7-19;1-7(2,3)5(18)4-6(19)8(11,12)9(13,14)10(15,16)17;/h3-12,14-16H,1-2H3;5-6,18-19H,4H2,1-3H3;/q-1;;. The second kappa shape index (κ2) is 15.1. The van der Waals surface area contributed by atoms with Crippen LogP contribution in [0.15, 0.2) is 79.0 Å². The van der Waals surface area contributed by atoms with Gasteiger partial charge in [-0.3, -0.25) is 4.98 Å². The van der Waals surface area contributed by atoms with E-state index in [9.17, 15) is 35.8 Å². The molecule has 2 N–H and O–H groups in total. The number of hydrogen-bond acceptors (Lipinski definition) is 4. The fourth-order valence-electron chi connectivity index (χ4n) is 4.01. The van der Waals surface area contributed by atoms with Crippen molar-refractivity contribution in [1.29, 1.82) is 0 Å². The van der Waals surface area contributed by atoms with Crippen LogP contribution in [-0.4, -0.2) is 50.4 Å². The fraction of sp³-hybridized carbons (Fsp3) is 0.353.